The number of nitrogens with one attached hydrogen (secondary N) is 1. The molecule has 1 fully saturated rings. The summed E-state index contributed by atoms with van der Waals surface area (Å²) in [4.78, 5) is 10.4. The summed E-state index contributed by atoms with van der Waals surface area (Å²) >= 11 is 0. The van der Waals surface area contributed by atoms with Crippen molar-refractivity contribution in [3.05, 3.63) is 34.4 Å². The molecule has 0 radical (unpaired) electrons. The van der Waals surface area contributed by atoms with E-state index >= 15 is 0 Å². The maximum atomic E-state index is 10.7. The van der Waals surface area contributed by atoms with Gasteiger partial charge in [0.15, 0.2) is 0 Å². The average molecular weight is 248 g/mol. The van der Waals surface area contributed by atoms with Crippen LogP contribution in [0.1, 0.15) is 39.0 Å². The highest BCUT2D eigenvalue weighted by Gasteiger charge is 2.20. The summed E-state index contributed by atoms with van der Waals surface area (Å²) < 4.78 is 0. The highest BCUT2D eigenvalue weighted by molar-refractivity contribution is 5.51. The van der Waals surface area contributed by atoms with Crippen LogP contribution in [-0.4, -0.2) is 11.0 Å². The standard InChI is InChI=1S/C14H20N2O2/c1-2-11-5-3-6-12(9-11)15-13-7-4-8-14(10-13)16(17)18/h4,7-8,10-12,15H,2-3,5-6,9H2,1H3. The summed E-state index contributed by atoms with van der Waals surface area (Å²) in [5.74, 6) is 0.801. The molecule has 2 atom stereocenters. The van der Waals surface area contributed by atoms with E-state index in [1.807, 2.05) is 6.07 Å². The molecule has 2 unspecified atom stereocenters. The van der Waals surface area contributed by atoms with Gasteiger partial charge in [0.2, 0.25) is 0 Å². The van der Waals surface area contributed by atoms with Crippen molar-refractivity contribution in [2.24, 2.45) is 5.92 Å². The quantitative estimate of drug-likeness (QED) is 0.647. The first-order valence-electron chi connectivity index (χ1n) is 6.70. The molecule has 0 saturated heterocycles. The lowest BCUT2D eigenvalue weighted by Crippen LogP contribution is -2.27. The van der Waals surface area contributed by atoms with Crippen molar-refractivity contribution < 1.29 is 4.92 Å². The topological polar surface area (TPSA) is 55.2 Å². The summed E-state index contributed by atoms with van der Waals surface area (Å²) in [7, 11) is 0. The van der Waals surface area contributed by atoms with Crippen LogP contribution in [0.5, 0.6) is 0 Å². The first-order valence-corrected chi connectivity index (χ1v) is 6.70. The second kappa shape index (κ2) is 5.85. The minimum Gasteiger partial charge on any atom is -0.382 e. The number of non-ortho nitro benzene ring substituents is 1. The van der Waals surface area contributed by atoms with Gasteiger partial charge in [-0.05, 0) is 24.8 Å². The van der Waals surface area contributed by atoms with E-state index in [-0.39, 0.29) is 10.6 Å². The summed E-state index contributed by atoms with van der Waals surface area (Å²) in [5, 5.41) is 14.2. The number of hydrogen-bond donors (Lipinski definition) is 1. The predicted octanol–water partition coefficient (Wildman–Crippen LogP) is 3.98. The van der Waals surface area contributed by atoms with Crippen molar-refractivity contribution in [3.63, 3.8) is 0 Å². The average Bonchev–Trinajstić information content (AvgIpc) is 2.39. The van der Waals surface area contributed by atoms with Crippen LogP contribution in [0.15, 0.2) is 24.3 Å². The van der Waals surface area contributed by atoms with Gasteiger partial charge in [-0.3, -0.25) is 10.1 Å². The molecule has 1 aliphatic rings. The first-order chi connectivity index (χ1) is 8.69. The van der Waals surface area contributed by atoms with Gasteiger partial charge in [-0.2, -0.15) is 0 Å². The highest BCUT2D eigenvalue weighted by Crippen LogP contribution is 2.29. The number of benzene rings is 1. The fraction of sp³-hybridized carbons (Fsp3) is 0.571. The van der Waals surface area contributed by atoms with Gasteiger partial charge in [-0.25, -0.2) is 0 Å². The normalized spacial score (nSPS) is 23.6. The van der Waals surface area contributed by atoms with Gasteiger partial charge in [0.05, 0.1) is 4.92 Å². The Morgan fingerprint density at radius 1 is 1.44 bits per heavy atom. The smallest absolute Gasteiger partial charge is 0.271 e. The molecule has 1 aromatic carbocycles. The summed E-state index contributed by atoms with van der Waals surface area (Å²) in [6.45, 7) is 2.24. The van der Waals surface area contributed by atoms with Gasteiger partial charge >= 0.3 is 0 Å². The van der Waals surface area contributed by atoms with Crippen molar-refractivity contribution in [3.8, 4) is 0 Å². The maximum absolute atomic E-state index is 10.7. The summed E-state index contributed by atoms with van der Waals surface area (Å²) in [6.07, 6.45) is 6.15. The van der Waals surface area contributed by atoms with Crippen LogP contribution < -0.4 is 5.32 Å². The number of rotatable bonds is 4. The largest absolute Gasteiger partial charge is 0.382 e. The van der Waals surface area contributed by atoms with E-state index in [1.54, 1.807) is 12.1 Å². The monoisotopic (exact) mass is 248 g/mol. The Kier molecular flexibility index (Phi) is 4.18. The SMILES string of the molecule is CCC1CCCC(Nc2cccc([N+](=O)[O-])c2)C1. The minimum absolute atomic E-state index is 0.155. The predicted molar refractivity (Wildman–Crippen MR) is 72.8 cm³/mol. The Bertz CT molecular complexity index is 420. The molecule has 1 aliphatic carbocycles. The molecule has 2 rings (SSSR count). The van der Waals surface area contributed by atoms with Crippen molar-refractivity contribution in [2.45, 2.75) is 45.1 Å². The summed E-state index contributed by atoms with van der Waals surface area (Å²) in [6, 6.07) is 7.25. The zero-order chi connectivity index (χ0) is 13.0. The van der Waals surface area contributed by atoms with Crippen LogP contribution in [-0.2, 0) is 0 Å². The molecule has 0 amide bonds. The van der Waals surface area contributed by atoms with Gasteiger partial charge in [0.25, 0.3) is 5.69 Å². The van der Waals surface area contributed by atoms with Gasteiger partial charge in [-0.1, -0.05) is 32.3 Å². The molecule has 0 heterocycles. The molecule has 0 bridgehead atoms. The molecule has 98 valence electrons. The molecule has 18 heavy (non-hydrogen) atoms. The van der Waals surface area contributed by atoms with E-state index in [0.29, 0.717) is 6.04 Å². The van der Waals surface area contributed by atoms with Crippen LogP contribution in [0.3, 0.4) is 0 Å². The minimum atomic E-state index is -0.346. The molecule has 0 aromatic heterocycles. The third-order valence-electron chi connectivity index (χ3n) is 3.79. The maximum Gasteiger partial charge on any atom is 0.271 e. The second-order valence-electron chi connectivity index (χ2n) is 5.09. The fourth-order valence-electron chi connectivity index (χ4n) is 2.74. The van der Waals surface area contributed by atoms with Crippen molar-refractivity contribution >= 4 is 11.4 Å². The number of nitro benzene ring substituents is 1. The number of anilines is 1. The van der Waals surface area contributed by atoms with Gasteiger partial charge in [0.1, 0.15) is 0 Å². The van der Waals surface area contributed by atoms with E-state index in [9.17, 15) is 10.1 Å². The Balaban J connectivity index is 2.00. The van der Waals surface area contributed by atoms with Crippen molar-refractivity contribution in [1.82, 2.24) is 0 Å². The second-order valence-corrected chi connectivity index (χ2v) is 5.09. The van der Waals surface area contributed by atoms with Gasteiger partial charge < -0.3 is 5.32 Å². The molecule has 4 nitrogen and oxygen atoms in total. The molecule has 0 aliphatic heterocycles. The Morgan fingerprint density at radius 2 is 2.28 bits per heavy atom. The molecule has 1 saturated carbocycles. The first kappa shape index (κ1) is 12.9. The lowest BCUT2D eigenvalue weighted by molar-refractivity contribution is -0.384. The molecule has 1 aromatic rings. The Labute approximate surface area is 108 Å². The van der Waals surface area contributed by atoms with Crippen LogP contribution in [0, 0.1) is 16.0 Å². The Morgan fingerprint density at radius 3 is 3.00 bits per heavy atom. The number of hydrogen-bond acceptors (Lipinski definition) is 3. The van der Waals surface area contributed by atoms with Crippen LogP contribution in [0.25, 0.3) is 0 Å². The van der Waals surface area contributed by atoms with E-state index in [4.69, 9.17) is 0 Å². The molecular formula is C14H20N2O2. The summed E-state index contributed by atoms with van der Waals surface area (Å²) in [5.41, 5.74) is 1.02. The highest BCUT2D eigenvalue weighted by atomic mass is 16.6. The third kappa shape index (κ3) is 3.22. The zero-order valence-electron chi connectivity index (χ0n) is 10.8. The Hall–Kier alpha value is -1.58. The number of nitro groups is 1. The van der Waals surface area contributed by atoms with Gasteiger partial charge in [0, 0.05) is 23.9 Å². The van der Waals surface area contributed by atoms with E-state index in [2.05, 4.69) is 12.2 Å². The van der Waals surface area contributed by atoms with Crippen LogP contribution in [0.4, 0.5) is 11.4 Å². The fourth-order valence-corrected chi connectivity index (χ4v) is 2.74. The molecule has 0 spiro atoms. The molecule has 4 heteroatoms. The number of nitrogens with zero attached hydrogens (tertiary/aromatic N) is 1. The molecular weight excluding hydrogens is 228 g/mol. The van der Waals surface area contributed by atoms with Crippen LogP contribution in [0.2, 0.25) is 0 Å². The van der Waals surface area contributed by atoms with E-state index in [1.165, 1.54) is 38.2 Å². The van der Waals surface area contributed by atoms with Crippen molar-refractivity contribution in [2.75, 3.05) is 5.32 Å². The zero-order valence-corrected chi connectivity index (χ0v) is 10.8. The lowest BCUT2D eigenvalue weighted by atomic mass is 9.84. The van der Waals surface area contributed by atoms with Crippen LogP contribution >= 0.6 is 0 Å². The third-order valence-corrected chi connectivity index (χ3v) is 3.79. The van der Waals surface area contributed by atoms with Crippen molar-refractivity contribution in [1.29, 1.82) is 0 Å². The lowest BCUT2D eigenvalue weighted by Gasteiger charge is -2.29. The van der Waals surface area contributed by atoms with E-state index < -0.39 is 0 Å². The van der Waals surface area contributed by atoms with E-state index in [0.717, 1.165) is 11.6 Å². The molecule has 1 N–H and O–H groups in total. The van der Waals surface area contributed by atoms with Gasteiger partial charge in [-0.15, -0.1) is 0 Å².